The van der Waals surface area contributed by atoms with E-state index in [1.54, 1.807) is 6.21 Å². The van der Waals surface area contributed by atoms with Crippen LogP contribution in [0.25, 0.3) is 0 Å². The molecular weight excluding hydrogens is 360 g/mol. The molecule has 2 fully saturated rings. The lowest BCUT2D eigenvalue weighted by Gasteiger charge is -2.15. The Kier molecular flexibility index (Phi) is 3.59. The van der Waals surface area contributed by atoms with Gasteiger partial charge in [0.05, 0.1) is 6.21 Å². The molecule has 0 unspecified atom stereocenters. The summed E-state index contributed by atoms with van der Waals surface area (Å²) >= 11 is 3.48. The number of nitrogens with zero attached hydrogens (tertiary/aromatic N) is 1. The maximum absolute atomic E-state index is 12.4. The predicted octanol–water partition coefficient (Wildman–Crippen LogP) is 3.45. The molecule has 3 aliphatic rings. The number of hydrogen-bond donors (Lipinski definition) is 1. The lowest BCUT2D eigenvalue weighted by molar-refractivity contribution is -0.123. The van der Waals surface area contributed by atoms with Crippen molar-refractivity contribution in [1.82, 2.24) is 5.43 Å². The third-order valence-electron chi connectivity index (χ3n) is 5.48. The van der Waals surface area contributed by atoms with Crippen LogP contribution in [0.1, 0.15) is 38.2 Å². The van der Waals surface area contributed by atoms with Gasteiger partial charge in [0.15, 0.2) is 11.5 Å². The first kappa shape index (κ1) is 15.0. The number of rotatable bonds is 3. The Morgan fingerprint density at radius 1 is 1.39 bits per heavy atom. The smallest absolute Gasteiger partial charge is 0.244 e. The van der Waals surface area contributed by atoms with Crippen LogP contribution in [0.3, 0.4) is 0 Å². The standard InChI is InChI=1S/C17H19BrN2O3/c1-17-5-3-2-4-11(17)15(17)16(21)20-19-8-10-6-13-14(7-12(10)18)23-9-22-13/h6-8,11,15H,2-5,9H2,1H3,(H,20,21)/b19-8+/t11-,15-,17-/m0/s1. The van der Waals surface area contributed by atoms with Gasteiger partial charge < -0.3 is 9.47 Å². The minimum atomic E-state index is 0.0486. The summed E-state index contributed by atoms with van der Waals surface area (Å²) in [6, 6.07) is 3.70. The molecule has 122 valence electrons. The topological polar surface area (TPSA) is 59.9 Å². The van der Waals surface area contributed by atoms with Gasteiger partial charge in [-0.2, -0.15) is 5.10 Å². The van der Waals surface area contributed by atoms with E-state index in [1.165, 1.54) is 19.3 Å². The van der Waals surface area contributed by atoms with Crippen molar-refractivity contribution >= 4 is 28.1 Å². The first-order valence-electron chi connectivity index (χ1n) is 8.02. The molecule has 6 heteroatoms. The number of carbonyl (C=O) groups excluding carboxylic acids is 1. The number of carbonyl (C=O) groups is 1. The first-order chi connectivity index (χ1) is 11.1. The Morgan fingerprint density at radius 2 is 2.17 bits per heavy atom. The van der Waals surface area contributed by atoms with Gasteiger partial charge in [-0.05, 0) is 52.2 Å². The molecule has 5 nitrogen and oxygen atoms in total. The molecular formula is C17H19BrN2O3. The third-order valence-corrected chi connectivity index (χ3v) is 6.17. The molecule has 0 spiro atoms. The number of fused-ring (bicyclic) bond motifs is 2. The molecule has 4 rings (SSSR count). The number of ether oxygens (including phenoxy) is 2. The van der Waals surface area contributed by atoms with Gasteiger partial charge in [0.25, 0.3) is 0 Å². The highest BCUT2D eigenvalue weighted by atomic mass is 79.9. The Bertz CT molecular complexity index is 691. The van der Waals surface area contributed by atoms with Crippen molar-refractivity contribution in [3.05, 3.63) is 22.2 Å². The monoisotopic (exact) mass is 378 g/mol. The summed E-state index contributed by atoms with van der Waals surface area (Å²) in [5.74, 6) is 2.13. The molecule has 0 bridgehead atoms. The van der Waals surface area contributed by atoms with Crippen molar-refractivity contribution in [2.45, 2.75) is 32.6 Å². The quantitative estimate of drug-likeness (QED) is 0.647. The van der Waals surface area contributed by atoms with Gasteiger partial charge in [0.1, 0.15) is 0 Å². The van der Waals surface area contributed by atoms with Gasteiger partial charge >= 0.3 is 0 Å². The highest BCUT2D eigenvalue weighted by Crippen LogP contribution is 2.66. The van der Waals surface area contributed by atoms with E-state index in [9.17, 15) is 4.79 Å². The minimum Gasteiger partial charge on any atom is -0.454 e. The van der Waals surface area contributed by atoms with E-state index >= 15 is 0 Å². The van der Waals surface area contributed by atoms with Crippen LogP contribution in [0.5, 0.6) is 11.5 Å². The van der Waals surface area contributed by atoms with E-state index in [0.29, 0.717) is 17.4 Å². The minimum absolute atomic E-state index is 0.0486. The fraction of sp³-hybridized carbons (Fsp3) is 0.529. The summed E-state index contributed by atoms with van der Waals surface area (Å²) in [6.07, 6.45) is 6.46. The summed E-state index contributed by atoms with van der Waals surface area (Å²) in [4.78, 5) is 12.4. The van der Waals surface area contributed by atoms with E-state index in [-0.39, 0.29) is 24.0 Å². The number of hydrazone groups is 1. The van der Waals surface area contributed by atoms with Crippen molar-refractivity contribution < 1.29 is 14.3 Å². The van der Waals surface area contributed by atoms with Gasteiger partial charge in [-0.15, -0.1) is 0 Å². The summed E-state index contributed by atoms with van der Waals surface area (Å²) in [5, 5.41) is 4.13. The first-order valence-corrected chi connectivity index (χ1v) is 8.81. The maximum Gasteiger partial charge on any atom is 0.244 e. The van der Waals surface area contributed by atoms with Gasteiger partial charge in [-0.1, -0.05) is 19.8 Å². The Balaban J connectivity index is 1.41. The zero-order valence-electron chi connectivity index (χ0n) is 13.0. The van der Waals surface area contributed by atoms with Crippen LogP contribution in [0.2, 0.25) is 0 Å². The van der Waals surface area contributed by atoms with Crippen LogP contribution in [0, 0.1) is 17.3 Å². The van der Waals surface area contributed by atoms with E-state index in [1.807, 2.05) is 12.1 Å². The molecule has 0 saturated heterocycles. The highest BCUT2D eigenvalue weighted by molar-refractivity contribution is 9.10. The Labute approximate surface area is 143 Å². The van der Waals surface area contributed by atoms with Gasteiger partial charge in [-0.25, -0.2) is 5.43 Å². The Hall–Kier alpha value is -1.56. The zero-order valence-corrected chi connectivity index (χ0v) is 14.6. The molecule has 1 aromatic carbocycles. The Morgan fingerprint density at radius 3 is 2.91 bits per heavy atom. The van der Waals surface area contributed by atoms with Crippen molar-refractivity contribution in [3.63, 3.8) is 0 Å². The van der Waals surface area contributed by atoms with Gasteiger partial charge in [0.2, 0.25) is 12.7 Å². The number of nitrogens with one attached hydrogen (secondary N) is 1. The van der Waals surface area contributed by atoms with Crippen LogP contribution in [-0.2, 0) is 4.79 Å². The van der Waals surface area contributed by atoms with Crippen LogP contribution in [-0.4, -0.2) is 18.9 Å². The molecule has 0 aromatic heterocycles. The summed E-state index contributed by atoms with van der Waals surface area (Å²) < 4.78 is 11.5. The van der Waals surface area contributed by atoms with Crippen molar-refractivity contribution in [2.24, 2.45) is 22.4 Å². The zero-order chi connectivity index (χ0) is 16.0. The second kappa shape index (κ2) is 5.51. The molecule has 1 N–H and O–H groups in total. The highest BCUT2D eigenvalue weighted by Gasteiger charge is 2.64. The van der Waals surface area contributed by atoms with Crippen LogP contribution in [0.4, 0.5) is 0 Å². The lowest BCUT2D eigenvalue weighted by atomic mass is 9.90. The van der Waals surface area contributed by atoms with Crippen molar-refractivity contribution in [1.29, 1.82) is 0 Å². The fourth-order valence-corrected chi connectivity index (χ4v) is 4.54. The number of hydrogen-bond acceptors (Lipinski definition) is 4. The predicted molar refractivity (Wildman–Crippen MR) is 89.6 cm³/mol. The van der Waals surface area contributed by atoms with Gasteiger partial charge in [-0.3, -0.25) is 4.79 Å². The van der Waals surface area contributed by atoms with E-state index in [4.69, 9.17) is 9.47 Å². The lowest BCUT2D eigenvalue weighted by Crippen LogP contribution is -2.22. The average Bonchev–Trinajstić information content (AvgIpc) is 2.91. The molecule has 23 heavy (non-hydrogen) atoms. The van der Waals surface area contributed by atoms with E-state index in [2.05, 4.69) is 33.4 Å². The molecule has 0 radical (unpaired) electrons. The molecule has 1 aromatic rings. The van der Waals surface area contributed by atoms with Crippen molar-refractivity contribution in [2.75, 3.05) is 6.79 Å². The summed E-state index contributed by atoms with van der Waals surface area (Å²) in [6.45, 7) is 2.47. The molecule has 1 amide bonds. The average molecular weight is 379 g/mol. The third kappa shape index (κ3) is 2.53. The molecule has 3 atom stereocenters. The van der Waals surface area contributed by atoms with E-state index in [0.717, 1.165) is 16.5 Å². The number of amides is 1. The van der Waals surface area contributed by atoms with Crippen LogP contribution < -0.4 is 14.9 Å². The molecule has 2 saturated carbocycles. The fourth-order valence-electron chi connectivity index (χ4n) is 4.12. The molecule has 1 aliphatic heterocycles. The SMILES string of the molecule is C[C@]12CCCC[C@H]1[C@H]2C(=O)N/N=C/c1cc2c(cc1Br)OCO2. The van der Waals surface area contributed by atoms with Crippen molar-refractivity contribution in [3.8, 4) is 11.5 Å². The normalized spacial score (nSPS) is 31.0. The van der Waals surface area contributed by atoms with Gasteiger partial charge in [0, 0.05) is 16.0 Å². The number of halogens is 1. The maximum atomic E-state index is 12.4. The second-order valence-electron chi connectivity index (χ2n) is 6.80. The second-order valence-corrected chi connectivity index (χ2v) is 7.65. The number of benzene rings is 1. The molecule has 2 aliphatic carbocycles. The van der Waals surface area contributed by atoms with E-state index < -0.39 is 0 Å². The summed E-state index contributed by atoms with van der Waals surface area (Å²) in [7, 11) is 0. The summed E-state index contributed by atoms with van der Waals surface area (Å²) in [5.41, 5.74) is 3.75. The largest absolute Gasteiger partial charge is 0.454 e. The van der Waals surface area contributed by atoms with Crippen LogP contribution in [0.15, 0.2) is 21.7 Å². The molecule has 1 heterocycles. The van der Waals surface area contributed by atoms with Crippen LogP contribution >= 0.6 is 15.9 Å².